The third kappa shape index (κ3) is 5.73. The van der Waals surface area contributed by atoms with Gasteiger partial charge in [0, 0.05) is 15.5 Å². The predicted octanol–water partition coefficient (Wildman–Crippen LogP) is 4.47. The van der Waals surface area contributed by atoms with Gasteiger partial charge in [-0.3, -0.25) is 4.79 Å². The fraction of sp³-hybridized carbons (Fsp3) is 0.316. The molecule has 1 unspecified atom stereocenters. The van der Waals surface area contributed by atoms with E-state index in [9.17, 15) is 4.79 Å². The van der Waals surface area contributed by atoms with E-state index in [0.29, 0.717) is 0 Å². The first-order chi connectivity index (χ1) is 11.1. The van der Waals surface area contributed by atoms with Crippen molar-refractivity contribution < 1.29 is 4.79 Å². The molecule has 0 bridgehead atoms. The molecule has 122 valence electrons. The lowest BCUT2D eigenvalue weighted by Gasteiger charge is -2.09. The standard InChI is InChI=1S/C19H24N2OS/c1-3-4-6-15-9-11-17(12-10-15)23-18-8-5-7-16(13-18)21-19(22)14(2)20/h5,7-14H,3-4,6,20H2,1-2H3,(H,21,22). The smallest absolute Gasteiger partial charge is 0.240 e. The molecule has 2 aromatic carbocycles. The molecule has 0 heterocycles. The summed E-state index contributed by atoms with van der Waals surface area (Å²) in [4.78, 5) is 13.9. The van der Waals surface area contributed by atoms with E-state index < -0.39 is 6.04 Å². The molecule has 3 nitrogen and oxygen atoms in total. The molecule has 1 atom stereocenters. The maximum atomic E-state index is 11.7. The number of benzene rings is 2. The Morgan fingerprint density at radius 3 is 2.57 bits per heavy atom. The highest BCUT2D eigenvalue weighted by molar-refractivity contribution is 7.99. The van der Waals surface area contributed by atoms with Gasteiger partial charge in [-0.25, -0.2) is 0 Å². The number of nitrogens with one attached hydrogen (secondary N) is 1. The Morgan fingerprint density at radius 2 is 1.91 bits per heavy atom. The van der Waals surface area contributed by atoms with Gasteiger partial charge in [-0.2, -0.15) is 0 Å². The molecular weight excluding hydrogens is 304 g/mol. The third-order valence-electron chi connectivity index (χ3n) is 3.49. The average molecular weight is 328 g/mol. The van der Waals surface area contributed by atoms with Crippen LogP contribution < -0.4 is 11.1 Å². The molecule has 2 aromatic rings. The number of rotatable bonds is 7. The molecule has 23 heavy (non-hydrogen) atoms. The monoisotopic (exact) mass is 328 g/mol. The van der Waals surface area contributed by atoms with Crippen LogP contribution in [-0.2, 0) is 11.2 Å². The average Bonchev–Trinajstić information content (AvgIpc) is 2.54. The van der Waals surface area contributed by atoms with Crippen molar-refractivity contribution in [1.82, 2.24) is 0 Å². The van der Waals surface area contributed by atoms with Crippen LogP contribution in [0, 0.1) is 0 Å². The number of hydrogen-bond donors (Lipinski definition) is 2. The van der Waals surface area contributed by atoms with E-state index in [2.05, 4.69) is 36.5 Å². The number of unbranched alkanes of at least 4 members (excludes halogenated alkanes) is 1. The SMILES string of the molecule is CCCCc1ccc(Sc2cccc(NC(=O)C(C)N)c2)cc1. The fourth-order valence-corrected chi connectivity index (χ4v) is 3.01. The summed E-state index contributed by atoms with van der Waals surface area (Å²) in [7, 11) is 0. The zero-order chi connectivity index (χ0) is 16.7. The van der Waals surface area contributed by atoms with E-state index in [0.717, 1.165) is 17.0 Å². The topological polar surface area (TPSA) is 55.1 Å². The molecule has 0 aliphatic rings. The first-order valence-corrected chi connectivity index (χ1v) is 8.83. The Bertz CT molecular complexity index is 638. The Morgan fingerprint density at radius 1 is 1.17 bits per heavy atom. The van der Waals surface area contributed by atoms with E-state index in [4.69, 9.17) is 5.73 Å². The van der Waals surface area contributed by atoms with Crippen molar-refractivity contribution in [1.29, 1.82) is 0 Å². The minimum atomic E-state index is -0.512. The molecule has 0 aromatic heterocycles. The summed E-state index contributed by atoms with van der Waals surface area (Å²) in [6, 6.07) is 16.0. The van der Waals surface area contributed by atoms with Crippen LogP contribution in [0.2, 0.25) is 0 Å². The molecule has 0 aliphatic carbocycles. The highest BCUT2D eigenvalue weighted by atomic mass is 32.2. The number of anilines is 1. The largest absolute Gasteiger partial charge is 0.325 e. The first-order valence-electron chi connectivity index (χ1n) is 8.02. The second kappa shape index (κ2) is 8.75. The quantitative estimate of drug-likeness (QED) is 0.788. The van der Waals surface area contributed by atoms with Gasteiger partial charge in [-0.1, -0.05) is 43.3 Å². The lowest BCUT2D eigenvalue weighted by molar-refractivity contribution is -0.117. The van der Waals surface area contributed by atoms with E-state index >= 15 is 0 Å². The first kappa shape index (κ1) is 17.6. The molecule has 2 rings (SSSR count). The van der Waals surface area contributed by atoms with Crippen molar-refractivity contribution in [2.45, 2.75) is 48.9 Å². The van der Waals surface area contributed by atoms with Crippen molar-refractivity contribution in [3.05, 3.63) is 54.1 Å². The van der Waals surface area contributed by atoms with Gasteiger partial charge < -0.3 is 11.1 Å². The number of carbonyl (C=O) groups is 1. The Hall–Kier alpha value is -1.78. The molecule has 3 N–H and O–H groups in total. The summed E-state index contributed by atoms with van der Waals surface area (Å²) in [5, 5.41) is 2.82. The molecule has 4 heteroatoms. The maximum Gasteiger partial charge on any atom is 0.240 e. The normalized spacial score (nSPS) is 12.0. The van der Waals surface area contributed by atoms with Crippen molar-refractivity contribution >= 4 is 23.4 Å². The zero-order valence-electron chi connectivity index (χ0n) is 13.7. The second-order valence-electron chi connectivity index (χ2n) is 5.66. The summed E-state index contributed by atoms with van der Waals surface area (Å²) >= 11 is 1.69. The summed E-state index contributed by atoms with van der Waals surface area (Å²) in [5.74, 6) is -0.174. The Balaban J connectivity index is 2.01. The number of amides is 1. The van der Waals surface area contributed by atoms with Crippen LogP contribution in [-0.4, -0.2) is 11.9 Å². The van der Waals surface area contributed by atoms with Crippen molar-refractivity contribution in [2.24, 2.45) is 5.73 Å². The Kier molecular flexibility index (Phi) is 6.68. The van der Waals surface area contributed by atoms with Gasteiger partial charge in [0.25, 0.3) is 0 Å². The molecule has 0 aliphatic heterocycles. The van der Waals surface area contributed by atoms with Crippen LogP contribution >= 0.6 is 11.8 Å². The molecule has 0 fully saturated rings. The van der Waals surface area contributed by atoms with E-state index in [1.54, 1.807) is 18.7 Å². The maximum absolute atomic E-state index is 11.7. The van der Waals surface area contributed by atoms with E-state index in [1.807, 2.05) is 24.3 Å². The van der Waals surface area contributed by atoms with Crippen molar-refractivity contribution in [2.75, 3.05) is 5.32 Å². The molecule has 0 radical (unpaired) electrons. The highest BCUT2D eigenvalue weighted by Gasteiger charge is 2.08. The van der Waals surface area contributed by atoms with E-state index in [-0.39, 0.29) is 5.91 Å². The van der Waals surface area contributed by atoms with Gasteiger partial charge in [0.2, 0.25) is 5.91 Å². The van der Waals surface area contributed by atoms with Gasteiger partial charge in [0.05, 0.1) is 6.04 Å². The minimum Gasteiger partial charge on any atom is -0.325 e. The minimum absolute atomic E-state index is 0.174. The van der Waals surface area contributed by atoms with Crippen molar-refractivity contribution in [3.63, 3.8) is 0 Å². The Labute approximate surface area is 142 Å². The number of hydrogen-bond acceptors (Lipinski definition) is 3. The van der Waals surface area contributed by atoms with Gasteiger partial charge in [0.15, 0.2) is 0 Å². The van der Waals surface area contributed by atoms with Gasteiger partial charge >= 0.3 is 0 Å². The predicted molar refractivity (Wildman–Crippen MR) is 97.9 cm³/mol. The van der Waals surface area contributed by atoms with Crippen LogP contribution in [0.5, 0.6) is 0 Å². The summed E-state index contributed by atoms with van der Waals surface area (Å²) in [6.45, 7) is 3.88. The van der Waals surface area contributed by atoms with Gasteiger partial charge in [0.1, 0.15) is 0 Å². The zero-order valence-corrected chi connectivity index (χ0v) is 14.5. The fourth-order valence-electron chi connectivity index (χ4n) is 2.13. The summed E-state index contributed by atoms with van der Waals surface area (Å²) in [5.41, 5.74) is 7.74. The lowest BCUT2D eigenvalue weighted by atomic mass is 10.1. The van der Waals surface area contributed by atoms with Crippen LogP contribution in [0.3, 0.4) is 0 Å². The number of aryl methyl sites for hydroxylation is 1. The number of nitrogens with two attached hydrogens (primary N) is 1. The lowest BCUT2D eigenvalue weighted by Crippen LogP contribution is -2.32. The number of carbonyl (C=O) groups excluding carboxylic acids is 1. The van der Waals surface area contributed by atoms with E-state index in [1.165, 1.54) is 23.3 Å². The van der Waals surface area contributed by atoms with Gasteiger partial charge in [-0.15, -0.1) is 0 Å². The highest BCUT2D eigenvalue weighted by Crippen LogP contribution is 2.29. The molecular formula is C19H24N2OS. The summed E-state index contributed by atoms with van der Waals surface area (Å²) < 4.78 is 0. The van der Waals surface area contributed by atoms with Crippen molar-refractivity contribution in [3.8, 4) is 0 Å². The second-order valence-corrected chi connectivity index (χ2v) is 6.80. The third-order valence-corrected chi connectivity index (χ3v) is 4.49. The van der Waals surface area contributed by atoms with Gasteiger partial charge in [-0.05, 0) is 55.7 Å². The molecule has 1 amide bonds. The molecule has 0 saturated carbocycles. The van der Waals surface area contributed by atoms with Crippen LogP contribution in [0.15, 0.2) is 58.3 Å². The molecule has 0 spiro atoms. The molecule has 0 saturated heterocycles. The van der Waals surface area contributed by atoms with Crippen LogP contribution in [0.25, 0.3) is 0 Å². The van der Waals surface area contributed by atoms with Crippen LogP contribution in [0.1, 0.15) is 32.3 Å². The van der Waals surface area contributed by atoms with Crippen LogP contribution in [0.4, 0.5) is 5.69 Å². The summed E-state index contributed by atoms with van der Waals surface area (Å²) in [6.07, 6.45) is 3.59.